The summed E-state index contributed by atoms with van der Waals surface area (Å²) in [5.74, 6) is 1.12. The minimum absolute atomic E-state index is 0.197. The van der Waals surface area contributed by atoms with Crippen LogP contribution in [0.5, 0.6) is 5.75 Å². The molecule has 1 aromatic carbocycles. The lowest BCUT2D eigenvalue weighted by Crippen LogP contribution is -2.11. The van der Waals surface area contributed by atoms with E-state index >= 15 is 0 Å². The number of thiophene rings is 1. The van der Waals surface area contributed by atoms with Crippen molar-refractivity contribution in [3.05, 3.63) is 75.1 Å². The van der Waals surface area contributed by atoms with E-state index in [1.54, 1.807) is 12.1 Å². The van der Waals surface area contributed by atoms with Gasteiger partial charge in [-0.15, -0.1) is 11.3 Å². The van der Waals surface area contributed by atoms with Gasteiger partial charge in [-0.05, 0) is 42.1 Å². The zero-order chi connectivity index (χ0) is 16.9. The monoisotopic (exact) mass is 358 g/mol. The van der Waals surface area contributed by atoms with Gasteiger partial charge in [-0.3, -0.25) is 4.79 Å². The highest BCUT2D eigenvalue weighted by Gasteiger charge is 2.11. The molecule has 0 aliphatic rings. The highest BCUT2D eigenvalue weighted by atomic mass is 35.5. The summed E-state index contributed by atoms with van der Waals surface area (Å²) in [6.45, 7) is 2.43. The smallest absolute Gasteiger partial charge is 0.266 e. The maximum Gasteiger partial charge on any atom is 0.266 e. The van der Waals surface area contributed by atoms with Gasteiger partial charge in [0, 0.05) is 11.8 Å². The SMILES string of the molecule is Cc1ccccc1OCc1csc(C(=O)Nc2ccc(Cl)cn2)c1. The van der Waals surface area contributed by atoms with Gasteiger partial charge in [-0.25, -0.2) is 4.98 Å². The Bertz CT molecular complexity index is 846. The van der Waals surface area contributed by atoms with E-state index in [-0.39, 0.29) is 5.91 Å². The minimum Gasteiger partial charge on any atom is -0.489 e. The summed E-state index contributed by atoms with van der Waals surface area (Å²) < 4.78 is 5.80. The summed E-state index contributed by atoms with van der Waals surface area (Å²) in [5.41, 5.74) is 2.04. The van der Waals surface area contributed by atoms with Gasteiger partial charge in [0.05, 0.1) is 9.90 Å². The van der Waals surface area contributed by atoms with Crippen molar-refractivity contribution in [1.29, 1.82) is 0 Å². The van der Waals surface area contributed by atoms with Gasteiger partial charge in [0.1, 0.15) is 18.2 Å². The van der Waals surface area contributed by atoms with Crippen molar-refractivity contribution >= 4 is 34.7 Å². The third kappa shape index (κ3) is 4.13. The second-order valence-corrected chi connectivity index (χ2v) is 6.54. The van der Waals surface area contributed by atoms with Gasteiger partial charge < -0.3 is 10.1 Å². The molecule has 2 aromatic heterocycles. The Morgan fingerprint density at radius 2 is 2.12 bits per heavy atom. The number of hydrogen-bond acceptors (Lipinski definition) is 4. The fourth-order valence-electron chi connectivity index (χ4n) is 2.08. The number of rotatable bonds is 5. The van der Waals surface area contributed by atoms with Crippen molar-refractivity contribution in [2.45, 2.75) is 13.5 Å². The number of hydrogen-bond donors (Lipinski definition) is 1. The lowest BCUT2D eigenvalue weighted by Gasteiger charge is -2.07. The number of carbonyl (C=O) groups is 1. The Hall–Kier alpha value is -2.37. The van der Waals surface area contributed by atoms with E-state index in [1.807, 2.05) is 42.6 Å². The Morgan fingerprint density at radius 3 is 2.88 bits per heavy atom. The number of halogens is 1. The van der Waals surface area contributed by atoms with Gasteiger partial charge >= 0.3 is 0 Å². The van der Waals surface area contributed by atoms with Gasteiger partial charge in [0.2, 0.25) is 0 Å². The highest BCUT2D eigenvalue weighted by Crippen LogP contribution is 2.21. The van der Waals surface area contributed by atoms with Crippen molar-refractivity contribution < 1.29 is 9.53 Å². The van der Waals surface area contributed by atoms with Crippen LogP contribution in [-0.4, -0.2) is 10.9 Å². The predicted molar refractivity (Wildman–Crippen MR) is 97.0 cm³/mol. The second-order valence-electron chi connectivity index (χ2n) is 5.19. The molecule has 0 saturated heterocycles. The number of nitrogens with one attached hydrogen (secondary N) is 1. The van der Waals surface area contributed by atoms with Crippen molar-refractivity contribution in [1.82, 2.24) is 4.98 Å². The molecule has 1 amide bonds. The Kier molecular flexibility index (Phi) is 5.13. The maximum absolute atomic E-state index is 12.2. The first-order valence-electron chi connectivity index (χ1n) is 7.30. The van der Waals surface area contributed by atoms with Crippen molar-refractivity contribution in [3.8, 4) is 5.75 Å². The lowest BCUT2D eigenvalue weighted by atomic mass is 10.2. The summed E-state index contributed by atoms with van der Waals surface area (Å²) in [4.78, 5) is 16.9. The van der Waals surface area contributed by atoms with Crippen LogP contribution in [0.25, 0.3) is 0 Å². The van der Waals surface area contributed by atoms with E-state index in [0.717, 1.165) is 16.9 Å². The van der Waals surface area contributed by atoms with Crippen LogP contribution in [-0.2, 0) is 6.61 Å². The maximum atomic E-state index is 12.2. The molecular formula is C18H15ClN2O2S. The van der Waals surface area contributed by atoms with Crippen LogP contribution >= 0.6 is 22.9 Å². The second kappa shape index (κ2) is 7.47. The van der Waals surface area contributed by atoms with Gasteiger partial charge in [-0.2, -0.15) is 0 Å². The van der Waals surface area contributed by atoms with Crippen LogP contribution in [0, 0.1) is 6.92 Å². The Balaban J connectivity index is 1.61. The predicted octanol–water partition coefficient (Wildman–Crippen LogP) is 4.94. The minimum atomic E-state index is -0.197. The van der Waals surface area contributed by atoms with Crippen molar-refractivity contribution in [3.63, 3.8) is 0 Å². The molecule has 0 saturated carbocycles. The topological polar surface area (TPSA) is 51.2 Å². The number of aryl methyl sites for hydroxylation is 1. The number of pyridine rings is 1. The lowest BCUT2D eigenvalue weighted by molar-refractivity contribution is 0.103. The molecule has 2 heterocycles. The number of carbonyl (C=O) groups excluding carboxylic acids is 1. The fraction of sp³-hybridized carbons (Fsp3) is 0.111. The van der Waals surface area contributed by atoms with Crippen LogP contribution in [0.4, 0.5) is 5.82 Å². The van der Waals surface area contributed by atoms with E-state index in [2.05, 4.69) is 10.3 Å². The van der Waals surface area contributed by atoms with Crippen LogP contribution in [0.15, 0.2) is 54.0 Å². The molecule has 0 fully saturated rings. The number of anilines is 1. The number of para-hydroxylation sites is 1. The fourth-order valence-corrected chi connectivity index (χ4v) is 2.98. The summed E-state index contributed by atoms with van der Waals surface area (Å²) in [5, 5.41) is 5.19. The number of amides is 1. The normalized spacial score (nSPS) is 10.4. The van der Waals surface area contributed by atoms with Crippen LogP contribution in [0.2, 0.25) is 5.02 Å². The van der Waals surface area contributed by atoms with Gasteiger partial charge in [0.15, 0.2) is 0 Å². The zero-order valence-corrected chi connectivity index (χ0v) is 14.5. The molecule has 6 heteroatoms. The molecule has 0 atom stereocenters. The first-order chi connectivity index (χ1) is 11.6. The molecular weight excluding hydrogens is 344 g/mol. The van der Waals surface area contributed by atoms with Crippen LogP contribution in [0.3, 0.4) is 0 Å². The number of nitrogens with zero attached hydrogens (tertiary/aromatic N) is 1. The Morgan fingerprint density at radius 1 is 1.29 bits per heavy atom. The molecule has 0 aliphatic carbocycles. The zero-order valence-electron chi connectivity index (χ0n) is 13.0. The molecule has 3 rings (SSSR count). The van der Waals surface area contributed by atoms with E-state index < -0.39 is 0 Å². The molecule has 0 spiro atoms. The number of aromatic nitrogens is 1. The summed E-state index contributed by atoms with van der Waals surface area (Å²) >= 11 is 7.15. The summed E-state index contributed by atoms with van der Waals surface area (Å²) in [6, 6.07) is 13.0. The molecule has 24 heavy (non-hydrogen) atoms. The molecule has 0 unspecified atom stereocenters. The first kappa shape index (κ1) is 16.5. The van der Waals surface area contributed by atoms with E-state index in [4.69, 9.17) is 16.3 Å². The average Bonchev–Trinajstić information content (AvgIpc) is 3.05. The Labute approximate surface area is 149 Å². The molecule has 0 aliphatic heterocycles. The quantitative estimate of drug-likeness (QED) is 0.703. The van der Waals surface area contributed by atoms with E-state index in [1.165, 1.54) is 17.5 Å². The third-order valence-electron chi connectivity index (χ3n) is 3.33. The van der Waals surface area contributed by atoms with Gasteiger partial charge in [-0.1, -0.05) is 29.8 Å². The molecule has 1 N–H and O–H groups in total. The van der Waals surface area contributed by atoms with Gasteiger partial charge in [0.25, 0.3) is 5.91 Å². The summed E-state index contributed by atoms with van der Waals surface area (Å²) in [6.07, 6.45) is 1.49. The van der Waals surface area contributed by atoms with Crippen molar-refractivity contribution in [2.75, 3.05) is 5.32 Å². The number of benzene rings is 1. The third-order valence-corrected chi connectivity index (χ3v) is 4.54. The molecule has 3 aromatic rings. The molecule has 0 radical (unpaired) electrons. The average molecular weight is 359 g/mol. The van der Waals surface area contributed by atoms with Crippen molar-refractivity contribution in [2.24, 2.45) is 0 Å². The largest absolute Gasteiger partial charge is 0.489 e. The van der Waals surface area contributed by atoms with Crippen LogP contribution < -0.4 is 10.1 Å². The standard InChI is InChI=1S/C18H15ClN2O2S/c1-12-4-2-3-5-15(12)23-10-13-8-16(24-11-13)18(22)21-17-7-6-14(19)9-20-17/h2-9,11H,10H2,1H3,(H,20,21,22). The van der Waals surface area contributed by atoms with Crippen LogP contribution in [0.1, 0.15) is 20.8 Å². The van der Waals surface area contributed by atoms with E-state index in [0.29, 0.717) is 22.3 Å². The molecule has 0 bridgehead atoms. The summed E-state index contributed by atoms with van der Waals surface area (Å²) in [7, 11) is 0. The molecule has 4 nitrogen and oxygen atoms in total. The first-order valence-corrected chi connectivity index (χ1v) is 8.56. The number of ether oxygens (including phenoxy) is 1. The van der Waals surface area contributed by atoms with E-state index in [9.17, 15) is 4.79 Å². The highest BCUT2D eigenvalue weighted by molar-refractivity contribution is 7.12. The molecule has 122 valence electrons.